The number of rotatable bonds is 6. The first-order valence-electron chi connectivity index (χ1n) is 8.50. The maximum absolute atomic E-state index is 13.1. The largest absolute Gasteiger partial charge is 0.660 e. The molecule has 0 saturated carbocycles. The number of aliphatic hydroxyl groups excluding tert-OH is 1. The molecule has 1 radical (unpaired) electrons. The molecule has 1 unspecified atom stereocenters. The number of hydrogen-bond donors (Lipinski definition) is 1. The molecular weight excluding hydrogens is 503 g/mol. The van der Waals surface area contributed by atoms with Crippen molar-refractivity contribution in [2.75, 3.05) is 12.8 Å². The van der Waals surface area contributed by atoms with Crippen LogP contribution in [-0.2, 0) is 38.9 Å². The summed E-state index contributed by atoms with van der Waals surface area (Å²) in [4.78, 5) is 4.10. The third kappa shape index (κ3) is 8.49. The molecule has 0 aliphatic carbocycles. The van der Waals surface area contributed by atoms with Gasteiger partial charge in [-0.25, -0.2) is 8.96 Å². The van der Waals surface area contributed by atoms with Crippen LogP contribution in [0.25, 0.3) is 5.32 Å². The molecule has 1 atom stereocenters. The molecule has 2 aromatic rings. The SMILES string of the molecule is CC[N-]C(C)C.CSc1nc(C(O)c2cccc(C(F)(F)F)c2)n(SF)c1C.[Y]. The van der Waals surface area contributed by atoms with Gasteiger partial charge in [-0.2, -0.15) is 19.7 Å². The molecule has 1 aromatic carbocycles. The van der Waals surface area contributed by atoms with E-state index in [4.69, 9.17) is 0 Å². The van der Waals surface area contributed by atoms with E-state index < -0.39 is 17.8 Å². The van der Waals surface area contributed by atoms with Crippen LogP contribution in [-0.4, -0.2) is 32.9 Å². The van der Waals surface area contributed by atoms with Crippen molar-refractivity contribution >= 4 is 24.1 Å². The summed E-state index contributed by atoms with van der Waals surface area (Å²) in [5.41, 5.74) is -0.388. The third-order valence-corrected chi connectivity index (χ3v) is 4.99. The van der Waals surface area contributed by atoms with Gasteiger partial charge in [0, 0.05) is 32.7 Å². The molecule has 0 amide bonds. The average molecular weight is 527 g/mol. The number of aromatic nitrogens is 2. The van der Waals surface area contributed by atoms with Gasteiger partial charge in [-0.15, -0.1) is 21.7 Å². The molecular formula is C18H24F4N3OS2Y-. The zero-order chi connectivity index (χ0) is 21.5. The fourth-order valence-corrected chi connectivity index (χ4v) is 3.37. The number of hydrogen-bond acceptors (Lipinski definition) is 4. The number of nitrogens with zero attached hydrogens (tertiary/aromatic N) is 3. The van der Waals surface area contributed by atoms with Crippen LogP contribution in [0.2, 0.25) is 0 Å². The van der Waals surface area contributed by atoms with Crippen LogP contribution in [0.3, 0.4) is 0 Å². The summed E-state index contributed by atoms with van der Waals surface area (Å²) in [6.45, 7) is 8.80. The molecule has 0 fully saturated rings. The van der Waals surface area contributed by atoms with E-state index in [-0.39, 0.29) is 56.4 Å². The van der Waals surface area contributed by atoms with E-state index in [1.807, 2.05) is 0 Å². The first-order valence-corrected chi connectivity index (χ1v) is 10.4. The van der Waals surface area contributed by atoms with Crippen molar-refractivity contribution in [3.63, 3.8) is 0 Å². The summed E-state index contributed by atoms with van der Waals surface area (Å²) in [7, 11) is 0. The molecule has 29 heavy (non-hydrogen) atoms. The fraction of sp³-hybridized carbons (Fsp3) is 0.500. The Balaban J connectivity index is 0.000000981. The van der Waals surface area contributed by atoms with Gasteiger partial charge in [0.1, 0.15) is 11.1 Å². The van der Waals surface area contributed by atoms with E-state index in [2.05, 4.69) is 31.1 Å². The molecule has 0 saturated heterocycles. The molecule has 0 bridgehead atoms. The van der Waals surface area contributed by atoms with Gasteiger partial charge in [-0.1, -0.05) is 32.9 Å². The molecule has 0 aliphatic heterocycles. The van der Waals surface area contributed by atoms with Crippen molar-refractivity contribution < 1.29 is 54.9 Å². The van der Waals surface area contributed by atoms with Crippen LogP contribution >= 0.6 is 24.1 Å². The minimum absolute atomic E-state index is 0. The monoisotopic (exact) mass is 527 g/mol. The normalized spacial score (nSPS) is 12.2. The fourth-order valence-electron chi connectivity index (χ4n) is 2.34. The standard InChI is InChI=1S/C13H12F4N2OS2.C5H12N.Y/c1-7-12(21-2)18-11(19(7)22-17)10(20)8-4-3-5-9(6-8)13(14,15)16;1-4-6-5(2)3;/h3-6,10,20H,1-2H3;5H,4H2,1-3H3;/q;-1;. The van der Waals surface area contributed by atoms with E-state index in [9.17, 15) is 22.2 Å². The first-order chi connectivity index (χ1) is 13.1. The van der Waals surface area contributed by atoms with Crippen molar-refractivity contribution in [1.29, 1.82) is 0 Å². The molecule has 161 valence electrons. The average Bonchev–Trinajstić information content (AvgIpc) is 2.96. The van der Waals surface area contributed by atoms with Crippen LogP contribution in [0.5, 0.6) is 0 Å². The second-order valence-corrected chi connectivity index (χ2v) is 7.34. The predicted octanol–water partition coefficient (Wildman–Crippen LogP) is 6.18. The van der Waals surface area contributed by atoms with Crippen molar-refractivity contribution in [2.45, 2.75) is 51.0 Å². The second kappa shape index (κ2) is 13.3. The van der Waals surface area contributed by atoms with Crippen LogP contribution < -0.4 is 0 Å². The van der Waals surface area contributed by atoms with Gasteiger partial charge in [0.05, 0.1) is 11.3 Å². The minimum Gasteiger partial charge on any atom is -0.660 e. The van der Waals surface area contributed by atoms with Gasteiger partial charge in [-0.3, -0.25) is 0 Å². The van der Waals surface area contributed by atoms with Crippen molar-refractivity contribution in [3.8, 4) is 0 Å². The van der Waals surface area contributed by atoms with Gasteiger partial charge in [0.2, 0.25) is 0 Å². The van der Waals surface area contributed by atoms with E-state index in [1.54, 1.807) is 13.2 Å². The number of benzene rings is 1. The van der Waals surface area contributed by atoms with E-state index >= 15 is 0 Å². The van der Waals surface area contributed by atoms with Crippen LogP contribution in [0.15, 0.2) is 29.3 Å². The quantitative estimate of drug-likeness (QED) is 0.360. The van der Waals surface area contributed by atoms with Gasteiger partial charge < -0.3 is 10.4 Å². The molecule has 1 aromatic heterocycles. The van der Waals surface area contributed by atoms with Gasteiger partial charge in [-0.05, 0) is 30.9 Å². The van der Waals surface area contributed by atoms with Gasteiger partial charge >= 0.3 is 6.18 Å². The van der Waals surface area contributed by atoms with E-state index in [1.165, 1.54) is 23.9 Å². The van der Waals surface area contributed by atoms with Gasteiger partial charge in [0.15, 0.2) is 18.2 Å². The molecule has 1 N–H and O–H groups in total. The summed E-state index contributed by atoms with van der Waals surface area (Å²) in [6.07, 6.45) is -4.23. The summed E-state index contributed by atoms with van der Waals surface area (Å²) in [6, 6.07) is 4.80. The van der Waals surface area contributed by atoms with Crippen LogP contribution in [0.1, 0.15) is 49.5 Å². The number of halogens is 4. The Morgan fingerprint density at radius 1 is 1.28 bits per heavy atom. The molecule has 0 spiro atoms. The molecule has 0 aliphatic rings. The summed E-state index contributed by atoms with van der Waals surface area (Å²) in [5.74, 6) is -0.0475. The Morgan fingerprint density at radius 2 is 1.90 bits per heavy atom. The Kier molecular flexibility index (Phi) is 13.3. The number of alkyl halides is 3. The number of thioether (sulfide) groups is 1. The molecule has 11 heteroatoms. The minimum atomic E-state index is -4.51. The van der Waals surface area contributed by atoms with E-state index in [0.717, 1.165) is 22.6 Å². The van der Waals surface area contributed by atoms with E-state index in [0.29, 0.717) is 16.8 Å². The third-order valence-electron chi connectivity index (χ3n) is 3.62. The number of aliphatic hydroxyl groups is 1. The zero-order valence-electron chi connectivity index (χ0n) is 16.9. The summed E-state index contributed by atoms with van der Waals surface area (Å²) in [5, 5.41) is 14.9. The van der Waals surface area contributed by atoms with Crippen molar-refractivity contribution in [1.82, 2.24) is 8.96 Å². The predicted molar refractivity (Wildman–Crippen MR) is 107 cm³/mol. The van der Waals surface area contributed by atoms with Gasteiger partial charge in [0.25, 0.3) is 0 Å². The smallest absolute Gasteiger partial charge is 0.416 e. The van der Waals surface area contributed by atoms with Crippen molar-refractivity contribution in [3.05, 3.63) is 52.2 Å². The van der Waals surface area contributed by atoms with Crippen LogP contribution in [0.4, 0.5) is 17.1 Å². The topological polar surface area (TPSA) is 52.1 Å². The summed E-state index contributed by atoms with van der Waals surface area (Å²) >= 11 is 1.11. The van der Waals surface area contributed by atoms with Crippen molar-refractivity contribution in [2.24, 2.45) is 0 Å². The molecule has 2 rings (SSSR count). The Labute approximate surface area is 202 Å². The number of imidazole rings is 1. The zero-order valence-corrected chi connectivity index (χ0v) is 21.3. The summed E-state index contributed by atoms with van der Waals surface area (Å²) < 4.78 is 52.3. The second-order valence-electron chi connectivity index (χ2n) is 6.05. The maximum atomic E-state index is 13.1. The Hall–Kier alpha value is -0.126. The van der Waals surface area contributed by atoms with Crippen LogP contribution in [0, 0.1) is 6.92 Å². The first kappa shape index (κ1) is 28.9. The molecule has 4 nitrogen and oxygen atoms in total. The Morgan fingerprint density at radius 3 is 2.31 bits per heavy atom. The Bertz CT molecular complexity index is 757. The molecule has 1 heterocycles. The maximum Gasteiger partial charge on any atom is 0.416 e.